The number of nitrogens with one attached hydrogen (secondary N) is 1. The molecule has 70 valence electrons. The molecule has 1 nitrogen and oxygen atoms in total. The van der Waals surface area contributed by atoms with Gasteiger partial charge in [0.2, 0.25) is 0 Å². The van der Waals surface area contributed by atoms with E-state index in [1.165, 1.54) is 0 Å². The van der Waals surface area contributed by atoms with Crippen LogP contribution in [0.15, 0.2) is 24.3 Å². The van der Waals surface area contributed by atoms with E-state index >= 15 is 0 Å². The average molecular weight is 232 g/mol. The number of hydrogen-bond donors (Lipinski definition) is 1. The molecule has 0 radical (unpaired) electrons. The van der Waals surface area contributed by atoms with E-state index in [9.17, 15) is 0 Å². The van der Waals surface area contributed by atoms with Gasteiger partial charge in [0.1, 0.15) is 4.32 Å². The van der Waals surface area contributed by atoms with Gasteiger partial charge in [0.05, 0.1) is 10.7 Å². The van der Waals surface area contributed by atoms with Crippen molar-refractivity contribution in [2.24, 2.45) is 0 Å². The maximum atomic E-state index is 5.94. The molecule has 4 heteroatoms. The Hall–Kier alpha value is -0.250. The van der Waals surface area contributed by atoms with Gasteiger partial charge < -0.3 is 5.32 Å². The molecular formula is C9H10ClNS2. The Kier molecular flexibility index (Phi) is 4.56. The fourth-order valence-corrected chi connectivity index (χ4v) is 1.93. The third kappa shape index (κ3) is 3.55. The first-order valence-corrected chi connectivity index (χ1v) is 5.69. The molecule has 0 fully saturated rings. The molecule has 0 bridgehead atoms. The Balaban J connectivity index is 2.63. The molecule has 0 aliphatic rings. The van der Waals surface area contributed by atoms with Gasteiger partial charge in [-0.3, -0.25) is 0 Å². The van der Waals surface area contributed by atoms with Crippen LogP contribution in [-0.2, 0) is 0 Å². The van der Waals surface area contributed by atoms with E-state index in [0.29, 0.717) is 5.02 Å². The van der Waals surface area contributed by atoms with Crippen molar-refractivity contribution in [2.45, 2.75) is 6.92 Å². The van der Waals surface area contributed by atoms with Gasteiger partial charge in [-0.2, -0.15) is 0 Å². The fraction of sp³-hybridized carbons (Fsp3) is 0.222. The largest absolute Gasteiger partial charge is 0.340 e. The van der Waals surface area contributed by atoms with Crippen molar-refractivity contribution in [3.8, 4) is 0 Å². The highest BCUT2D eigenvalue weighted by atomic mass is 35.5. The highest BCUT2D eigenvalue weighted by Crippen LogP contribution is 2.21. The summed E-state index contributed by atoms with van der Waals surface area (Å²) in [5.74, 6) is 0.969. The van der Waals surface area contributed by atoms with Crippen LogP contribution in [0, 0.1) is 0 Å². The van der Waals surface area contributed by atoms with Gasteiger partial charge >= 0.3 is 0 Å². The number of para-hydroxylation sites is 1. The predicted octanol–water partition coefficient (Wildman–Crippen LogP) is 3.79. The van der Waals surface area contributed by atoms with Gasteiger partial charge in [0.15, 0.2) is 0 Å². The molecule has 0 saturated heterocycles. The van der Waals surface area contributed by atoms with Gasteiger partial charge in [-0.15, -0.1) is 0 Å². The number of thioether (sulfide) groups is 1. The number of halogens is 1. The standard InChI is InChI=1S/C9H10ClNS2/c1-2-13-9(12)11-8-6-4-3-5-7(8)10/h3-6H,2H2,1H3,(H,11,12). The maximum Gasteiger partial charge on any atom is 0.138 e. The second-order valence-corrected chi connectivity index (χ2v) is 4.67. The van der Waals surface area contributed by atoms with Crippen LogP contribution >= 0.6 is 35.6 Å². The lowest BCUT2D eigenvalue weighted by atomic mass is 10.3. The van der Waals surface area contributed by atoms with Crippen LogP contribution in [0.5, 0.6) is 0 Å². The molecular weight excluding hydrogens is 222 g/mol. The van der Waals surface area contributed by atoms with Crippen LogP contribution in [0.25, 0.3) is 0 Å². The molecule has 0 aliphatic heterocycles. The lowest BCUT2D eigenvalue weighted by molar-refractivity contribution is 1.54. The van der Waals surface area contributed by atoms with Crippen LogP contribution < -0.4 is 5.32 Å². The molecule has 1 N–H and O–H groups in total. The molecule has 0 aromatic heterocycles. The summed E-state index contributed by atoms with van der Waals surface area (Å²) in [4.78, 5) is 0. The van der Waals surface area contributed by atoms with Gasteiger partial charge in [-0.05, 0) is 17.9 Å². The molecule has 1 rings (SSSR count). The number of benzene rings is 1. The van der Waals surface area contributed by atoms with E-state index in [-0.39, 0.29) is 0 Å². The molecule has 0 unspecified atom stereocenters. The van der Waals surface area contributed by atoms with Gasteiger partial charge in [-0.25, -0.2) is 0 Å². The minimum atomic E-state index is 0.696. The first-order chi connectivity index (χ1) is 6.24. The van der Waals surface area contributed by atoms with Crippen LogP contribution in [0.3, 0.4) is 0 Å². The van der Waals surface area contributed by atoms with Crippen molar-refractivity contribution < 1.29 is 0 Å². The Morgan fingerprint density at radius 3 is 2.85 bits per heavy atom. The highest BCUT2D eigenvalue weighted by molar-refractivity contribution is 8.23. The Labute approximate surface area is 92.9 Å². The second-order valence-electron chi connectivity index (χ2n) is 2.33. The molecule has 0 spiro atoms. The topological polar surface area (TPSA) is 12.0 Å². The molecule has 0 aliphatic carbocycles. The minimum absolute atomic E-state index is 0.696. The number of hydrogen-bond acceptors (Lipinski definition) is 2. The Morgan fingerprint density at radius 1 is 1.54 bits per heavy atom. The second kappa shape index (κ2) is 5.47. The zero-order valence-corrected chi connectivity index (χ0v) is 9.60. The lowest BCUT2D eigenvalue weighted by Gasteiger charge is -2.07. The zero-order valence-electron chi connectivity index (χ0n) is 7.21. The number of anilines is 1. The van der Waals surface area contributed by atoms with Gasteiger partial charge in [0.25, 0.3) is 0 Å². The normalized spacial score (nSPS) is 9.69. The van der Waals surface area contributed by atoms with Gasteiger partial charge in [0, 0.05) is 0 Å². The van der Waals surface area contributed by atoms with Crippen molar-refractivity contribution in [2.75, 3.05) is 11.1 Å². The molecule has 1 aromatic rings. The summed E-state index contributed by atoms with van der Waals surface area (Å²) in [5.41, 5.74) is 0.870. The summed E-state index contributed by atoms with van der Waals surface area (Å²) >= 11 is 12.6. The Bertz CT molecular complexity index is 301. The molecule has 0 saturated carbocycles. The van der Waals surface area contributed by atoms with E-state index in [1.807, 2.05) is 24.3 Å². The summed E-state index contributed by atoms with van der Waals surface area (Å²) in [6, 6.07) is 7.56. The summed E-state index contributed by atoms with van der Waals surface area (Å²) in [6.45, 7) is 2.06. The van der Waals surface area contributed by atoms with Crippen molar-refractivity contribution >= 4 is 45.6 Å². The van der Waals surface area contributed by atoms with Crippen molar-refractivity contribution in [1.29, 1.82) is 0 Å². The predicted molar refractivity (Wildman–Crippen MR) is 65.8 cm³/mol. The molecule has 0 amide bonds. The maximum absolute atomic E-state index is 5.94. The van der Waals surface area contributed by atoms with E-state index < -0.39 is 0 Å². The highest BCUT2D eigenvalue weighted by Gasteiger charge is 2.00. The quantitative estimate of drug-likeness (QED) is 0.778. The summed E-state index contributed by atoms with van der Waals surface area (Å²) in [5, 5.41) is 3.77. The smallest absolute Gasteiger partial charge is 0.138 e. The van der Waals surface area contributed by atoms with Crippen molar-refractivity contribution in [3.05, 3.63) is 29.3 Å². The van der Waals surface area contributed by atoms with Crippen LogP contribution in [-0.4, -0.2) is 10.1 Å². The van der Waals surface area contributed by atoms with Crippen LogP contribution in [0.2, 0.25) is 5.02 Å². The number of thiocarbonyl (C=S) groups is 1. The SMILES string of the molecule is CCSC(=S)Nc1ccccc1Cl. The zero-order chi connectivity index (χ0) is 9.68. The van der Waals surface area contributed by atoms with E-state index in [0.717, 1.165) is 15.8 Å². The van der Waals surface area contributed by atoms with Crippen LogP contribution in [0.4, 0.5) is 5.69 Å². The van der Waals surface area contributed by atoms with Gasteiger partial charge in [-0.1, -0.05) is 54.6 Å². The minimum Gasteiger partial charge on any atom is -0.340 e. The molecule has 13 heavy (non-hydrogen) atoms. The average Bonchev–Trinajstić information content (AvgIpc) is 2.09. The summed E-state index contributed by atoms with van der Waals surface area (Å²) in [7, 11) is 0. The Morgan fingerprint density at radius 2 is 2.23 bits per heavy atom. The van der Waals surface area contributed by atoms with Crippen LogP contribution in [0.1, 0.15) is 6.92 Å². The number of rotatable bonds is 2. The van der Waals surface area contributed by atoms with E-state index in [2.05, 4.69) is 12.2 Å². The monoisotopic (exact) mass is 231 g/mol. The first kappa shape index (κ1) is 10.8. The third-order valence-electron chi connectivity index (χ3n) is 1.39. The third-order valence-corrected chi connectivity index (χ3v) is 2.82. The summed E-state index contributed by atoms with van der Waals surface area (Å²) in [6.07, 6.45) is 0. The molecule has 1 aromatic carbocycles. The van der Waals surface area contributed by atoms with Crippen molar-refractivity contribution in [1.82, 2.24) is 0 Å². The van der Waals surface area contributed by atoms with E-state index in [4.69, 9.17) is 23.8 Å². The molecule has 0 heterocycles. The molecule has 0 atom stereocenters. The lowest BCUT2D eigenvalue weighted by Crippen LogP contribution is -2.04. The summed E-state index contributed by atoms with van der Waals surface area (Å²) < 4.78 is 0.760. The first-order valence-electron chi connectivity index (χ1n) is 3.92. The van der Waals surface area contributed by atoms with Crippen molar-refractivity contribution in [3.63, 3.8) is 0 Å². The fourth-order valence-electron chi connectivity index (χ4n) is 0.840. The van der Waals surface area contributed by atoms with E-state index in [1.54, 1.807) is 11.8 Å².